The predicted molar refractivity (Wildman–Crippen MR) is 55.4 cm³/mol. The third-order valence-corrected chi connectivity index (χ3v) is 4.08. The van der Waals surface area contributed by atoms with Crippen LogP contribution in [-0.4, -0.2) is 47.8 Å². The van der Waals surface area contributed by atoms with Crippen LogP contribution in [0.15, 0.2) is 0 Å². The van der Waals surface area contributed by atoms with Crippen molar-refractivity contribution in [1.82, 2.24) is 4.90 Å². The van der Waals surface area contributed by atoms with Crippen LogP contribution in [-0.2, 0) is 0 Å². The molecule has 0 aromatic rings. The molecule has 2 heteroatoms. The van der Waals surface area contributed by atoms with E-state index in [4.69, 9.17) is 0 Å². The summed E-state index contributed by atoms with van der Waals surface area (Å²) in [6.45, 7) is 12.6. The van der Waals surface area contributed by atoms with Crippen LogP contribution in [0.1, 0.15) is 33.6 Å². The molecule has 0 aromatic carbocycles. The Hall–Kier alpha value is -0.0800. The fourth-order valence-corrected chi connectivity index (χ4v) is 2.99. The van der Waals surface area contributed by atoms with Crippen LogP contribution in [0, 0.1) is 0 Å². The van der Waals surface area contributed by atoms with Gasteiger partial charge in [-0.25, -0.2) is 4.90 Å². The molecular weight excluding hydrogens is 160 g/mol. The van der Waals surface area contributed by atoms with E-state index in [-0.39, 0.29) is 0 Å². The Morgan fingerprint density at radius 3 is 2.31 bits per heavy atom. The van der Waals surface area contributed by atoms with Crippen LogP contribution in [0.25, 0.3) is 0 Å². The largest absolute Gasteiger partial charge is 0.308 e. The molecule has 2 aliphatic heterocycles. The van der Waals surface area contributed by atoms with Gasteiger partial charge in [0.1, 0.15) is 12.7 Å². The maximum absolute atomic E-state index is 2.65. The minimum absolute atomic E-state index is 0.737. The molecule has 0 amide bonds. The SMILES string of the molecule is CC(C)N1CC(C)[N+]2(CCCC2)C1. The lowest BCUT2D eigenvalue weighted by atomic mass is 10.2. The van der Waals surface area contributed by atoms with E-state index in [2.05, 4.69) is 25.7 Å². The van der Waals surface area contributed by atoms with Crippen LogP contribution in [0.5, 0.6) is 0 Å². The van der Waals surface area contributed by atoms with Crippen molar-refractivity contribution in [3.63, 3.8) is 0 Å². The summed E-state index contributed by atoms with van der Waals surface area (Å²) < 4.78 is 1.40. The monoisotopic (exact) mass is 183 g/mol. The average Bonchev–Trinajstić information content (AvgIpc) is 2.63. The first-order valence-electron chi connectivity index (χ1n) is 5.74. The zero-order valence-electron chi connectivity index (χ0n) is 9.29. The summed E-state index contributed by atoms with van der Waals surface area (Å²) in [6.07, 6.45) is 2.91. The Morgan fingerprint density at radius 1 is 1.23 bits per heavy atom. The third kappa shape index (κ3) is 1.50. The molecular formula is C11H23N2+. The molecule has 2 nitrogen and oxygen atoms in total. The summed E-state index contributed by atoms with van der Waals surface area (Å²) >= 11 is 0. The topological polar surface area (TPSA) is 3.24 Å². The van der Waals surface area contributed by atoms with Gasteiger partial charge in [-0.3, -0.25) is 0 Å². The van der Waals surface area contributed by atoms with Crippen molar-refractivity contribution in [2.75, 3.05) is 26.3 Å². The molecule has 0 aromatic heterocycles. The van der Waals surface area contributed by atoms with Gasteiger partial charge in [-0.1, -0.05) is 0 Å². The van der Waals surface area contributed by atoms with E-state index in [9.17, 15) is 0 Å². The van der Waals surface area contributed by atoms with Gasteiger partial charge in [0.25, 0.3) is 0 Å². The number of hydrogen-bond donors (Lipinski definition) is 0. The number of quaternary nitrogens is 1. The lowest BCUT2D eigenvalue weighted by Gasteiger charge is -2.33. The van der Waals surface area contributed by atoms with Crippen molar-refractivity contribution in [1.29, 1.82) is 0 Å². The Kier molecular flexibility index (Phi) is 2.37. The maximum atomic E-state index is 2.65. The van der Waals surface area contributed by atoms with Gasteiger partial charge in [-0.2, -0.15) is 0 Å². The Morgan fingerprint density at radius 2 is 1.85 bits per heavy atom. The van der Waals surface area contributed by atoms with Crippen LogP contribution >= 0.6 is 0 Å². The van der Waals surface area contributed by atoms with Crippen molar-refractivity contribution in [3.05, 3.63) is 0 Å². The number of hydrogen-bond acceptors (Lipinski definition) is 1. The maximum Gasteiger partial charge on any atom is 0.135 e. The second-order valence-electron chi connectivity index (χ2n) is 5.23. The van der Waals surface area contributed by atoms with Gasteiger partial charge >= 0.3 is 0 Å². The molecule has 1 unspecified atom stereocenters. The molecule has 0 radical (unpaired) electrons. The Balaban J connectivity index is 2.06. The summed E-state index contributed by atoms with van der Waals surface area (Å²) in [5.41, 5.74) is 0. The minimum atomic E-state index is 0.737. The second kappa shape index (κ2) is 3.25. The zero-order valence-corrected chi connectivity index (χ0v) is 9.29. The normalized spacial score (nSPS) is 33.7. The van der Waals surface area contributed by atoms with Crippen LogP contribution in [0.3, 0.4) is 0 Å². The average molecular weight is 183 g/mol. The molecule has 2 aliphatic rings. The van der Waals surface area contributed by atoms with Gasteiger partial charge in [0, 0.05) is 18.9 Å². The summed E-state index contributed by atoms with van der Waals surface area (Å²) in [5.74, 6) is 0. The van der Waals surface area contributed by atoms with Crippen molar-refractivity contribution in [3.8, 4) is 0 Å². The fraction of sp³-hybridized carbons (Fsp3) is 1.00. The highest BCUT2D eigenvalue weighted by molar-refractivity contribution is 4.74. The molecule has 1 atom stereocenters. The van der Waals surface area contributed by atoms with Gasteiger partial charge in [0.15, 0.2) is 0 Å². The van der Waals surface area contributed by atoms with Crippen molar-refractivity contribution in [2.24, 2.45) is 0 Å². The third-order valence-electron chi connectivity index (χ3n) is 4.08. The van der Waals surface area contributed by atoms with Gasteiger partial charge in [-0.15, -0.1) is 0 Å². The van der Waals surface area contributed by atoms with Gasteiger partial charge in [0.05, 0.1) is 19.6 Å². The first kappa shape index (κ1) is 9.47. The van der Waals surface area contributed by atoms with E-state index in [0.717, 1.165) is 12.1 Å². The highest BCUT2D eigenvalue weighted by Gasteiger charge is 2.45. The summed E-state index contributed by atoms with van der Waals surface area (Å²) in [4.78, 5) is 2.65. The van der Waals surface area contributed by atoms with Crippen molar-refractivity contribution in [2.45, 2.75) is 45.7 Å². The molecule has 0 saturated carbocycles. The van der Waals surface area contributed by atoms with Gasteiger partial charge in [0.2, 0.25) is 0 Å². The standard InChI is InChI=1S/C11H23N2/c1-10(2)12-8-11(3)13(9-12)6-4-5-7-13/h10-11H,4-9H2,1-3H3/q+1. The van der Waals surface area contributed by atoms with E-state index < -0.39 is 0 Å². The molecule has 0 bridgehead atoms. The molecule has 2 heterocycles. The lowest BCUT2D eigenvalue weighted by molar-refractivity contribution is -0.929. The minimum Gasteiger partial charge on any atom is -0.308 e. The highest BCUT2D eigenvalue weighted by atomic mass is 15.5. The van der Waals surface area contributed by atoms with E-state index in [1.807, 2.05) is 0 Å². The second-order valence-corrected chi connectivity index (χ2v) is 5.23. The van der Waals surface area contributed by atoms with Gasteiger partial charge < -0.3 is 4.48 Å². The van der Waals surface area contributed by atoms with E-state index in [0.29, 0.717) is 0 Å². The van der Waals surface area contributed by atoms with Crippen LogP contribution in [0.4, 0.5) is 0 Å². The number of nitrogens with zero attached hydrogens (tertiary/aromatic N) is 2. The van der Waals surface area contributed by atoms with E-state index >= 15 is 0 Å². The summed E-state index contributed by atoms with van der Waals surface area (Å²) in [7, 11) is 0. The number of rotatable bonds is 1. The Labute approximate surface area is 82.1 Å². The first-order chi connectivity index (χ1) is 6.14. The van der Waals surface area contributed by atoms with Crippen LogP contribution in [0.2, 0.25) is 0 Å². The summed E-state index contributed by atoms with van der Waals surface area (Å²) in [6, 6.07) is 1.62. The molecule has 2 saturated heterocycles. The quantitative estimate of drug-likeness (QED) is 0.559. The smallest absolute Gasteiger partial charge is 0.135 e. The van der Waals surface area contributed by atoms with Gasteiger partial charge in [-0.05, 0) is 20.8 Å². The Bertz CT molecular complexity index is 183. The van der Waals surface area contributed by atoms with E-state index in [1.54, 1.807) is 0 Å². The van der Waals surface area contributed by atoms with Crippen molar-refractivity contribution < 1.29 is 4.48 Å². The molecule has 2 rings (SSSR count). The predicted octanol–water partition coefficient (Wildman–Crippen LogP) is 1.67. The molecule has 76 valence electrons. The molecule has 1 spiro atoms. The first-order valence-corrected chi connectivity index (χ1v) is 5.74. The van der Waals surface area contributed by atoms with E-state index in [1.165, 1.54) is 43.6 Å². The molecule has 2 fully saturated rings. The summed E-state index contributed by atoms with van der Waals surface area (Å²) in [5, 5.41) is 0. The molecule has 0 N–H and O–H groups in total. The zero-order chi connectivity index (χ0) is 9.47. The van der Waals surface area contributed by atoms with Crippen molar-refractivity contribution >= 4 is 0 Å². The fourth-order valence-electron chi connectivity index (χ4n) is 2.99. The van der Waals surface area contributed by atoms with Crippen LogP contribution < -0.4 is 0 Å². The molecule has 0 aliphatic carbocycles. The highest BCUT2D eigenvalue weighted by Crippen LogP contribution is 2.30. The molecule has 13 heavy (non-hydrogen) atoms. The lowest BCUT2D eigenvalue weighted by Crippen LogP contribution is -2.49.